The molecular formula is C16H13F3N2. The van der Waals surface area contributed by atoms with Crippen LogP contribution in [0.3, 0.4) is 0 Å². The Morgan fingerprint density at radius 1 is 0.857 bits per heavy atom. The van der Waals surface area contributed by atoms with Crippen LogP contribution >= 0.6 is 0 Å². The molecule has 0 fully saturated rings. The van der Waals surface area contributed by atoms with Crippen molar-refractivity contribution in [2.75, 3.05) is 6.54 Å². The minimum Gasteiger partial charge on any atom is -0.312 e. The van der Waals surface area contributed by atoms with Crippen molar-refractivity contribution in [1.29, 1.82) is 5.26 Å². The van der Waals surface area contributed by atoms with Crippen molar-refractivity contribution < 1.29 is 13.2 Å². The van der Waals surface area contributed by atoms with Crippen molar-refractivity contribution in [2.24, 2.45) is 0 Å². The monoisotopic (exact) mass is 290 g/mol. The van der Waals surface area contributed by atoms with Gasteiger partial charge in [0.1, 0.15) is 17.5 Å². The molecule has 0 heterocycles. The molecule has 1 N–H and O–H groups in total. The first kappa shape index (κ1) is 15.1. The highest BCUT2D eigenvalue weighted by molar-refractivity contribution is 5.33. The van der Waals surface area contributed by atoms with Crippen LogP contribution in [0.1, 0.15) is 16.7 Å². The van der Waals surface area contributed by atoms with Gasteiger partial charge in [0.2, 0.25) is 0 Å². The van der Waals surface area contributed by atoms with Crippen molar-refractivity contribution >= 4 is 0 Å². The number of benzene rings is 2. The molecule has 0 aromatic heterocycles. The summed E-state index contributed by atoms with van der Waals surface area (Å²) in [5, 5.41) is 11.8. The molecule has 0 atom stereocenters. The first-order chi connectivity index (χ1) is 10.1. The van der Waals surface area contributed by atoms with Gasteiger partial charge in [0, 0.05) is 12.6 Å². The van der Waals surface area contributed by atoms with Crippen LogP contribution in [0.4, 0.5) is 13.2 Å². The van der Waals surface area contributed by atoms with Crippen LogP contribution in [0.25, 0.3) is 0 Å². The number of nitriles is 1. The van der Waals surface area contributed by atoms with E-state index < -0.39 is 17.5 Å². The Labute approximate surface area is 120 Å². The highest BCUT2D eigenvalue weighted by Crippen LogP contribution is 2.10. The summed E-state index contributed by atoms with van der Waals surface area (Å²) in [7, 11) is 0. The third-order valence-electron chi connectivity index (χ3n) is 2.93. The molecule has 0 unspecified atom stereocenters. The van der Waals surface area contributed by atoms with Crippen molar-refractivity contribution in [2.45, 2.75) is 13.0 Å². The van der Waals surface area contributed by atoms with Crippen LogP contribution in [-0.4, -0.2) is 6.54 Å². The molecular weight excluding hydrogens is 277 g/mol. The molecule has 5 heteroatoms. The topological polar surface area (TPSA) is 35.8 Å². The van der Waals surface area contributed by atoms with E-state index in [0.717, 1.165) is 6.07 Å². The van der Waals surface area contributed by atoms with Gasteiger partial charge >= 0.3 is 0 Å². The Hall–Kier alpha value is -2.32. The number of hydrogen-bond donors (Lipinski definition) is 1. The van der Waals surface area contributed by atoms with Gasteiger partial charge in [0.05, 0.1) is 11.6 Å². The molecule has 0 aliphatic rings. The lowest BCUT2D eigenvalue weighted by Gasteiger charge is -2.06. The second-order valence-corrected chi connectivity index (χ2v) is 4.66. The summed E-state index contributed by atoms with van der Waals surface area (Å²) in [5.74, 6) is -1.67. The average Bonchev–Trinajstić information content (AvgIpc) is 2.42. The Morgan fingerprint density at radius 2 is 1.48 bits per heavy atom. The van der Waals surface area contributed by atoms with Gasteiger partial charge in [0.15, 0.2) is 0 Å². The van der Waals surface area contributed by atoms with E-state index in [1.54, 1.807) is 6.07 Å². The first-order valence-electron chi connectivity index (χ1n) is 6.42. The molecule has 2 aromatic carbocycles. The number of hydrogen-bond acceptors (Lipinski definition) is 2. The van der Waals surface area contributed by atoms with E-state index in [0.29, 0.717) is 30.6 Å². The highest BCUT2D eigenvalue weighted by Gasteiger charge is 2.02. The fourth-order valence-corrected chi connectivity index (χ4v) is 2.04. The molecule has 0 aliphatic carbocycles. The van der Waals surface area contributed by atoms with Gasteiger partial charge in [-0.3, -0.25) is 0 Å². The maximum absolute atomic E-state index is 13.2. The number of nitrogens with one attached hydrogen (secondary N) is 1. The predicted octanol–water partition coefficient (Wildman–Crippen LogP) is 3.31. The average molecular weight is 290 g/mol. The molecule has 0 bridgehead atoms. The number of rotatable bonds is 5. The Kier molecular flexibility index (Phi) is 4.96. The summed E-state index contributed by atoms with van der Waals surface area (Å²) < 4.78 is 39.2. The summed E-state index contributed by atoms with van der Waals surface area (Å²) in [6.07, 6.45) is 0.453. The van der Waals surface area contributed by atoms with E-state index in [-0.39, 0.29) is 5.56 Å². The minimum atomic E-state index is -0.603. The highest BCUT2D eigenvalue weighted by atomic mass is 19.1. The van der Waals surface area contributed by atoms with Gasteiger partial charge in [-0.2, -0.15) is 5.26 Å². The van der Waals surface area contributed by atoms with Gasteiger partial charge in [-0.25, -0.2) is 13.2 Å². The summed E-state index contributed by atoms with van der Waals surface area (Å²) in [5.41, 5.74) is 1.47. The smallest absolute Gasteiger partial charge is 0.126 e. The normalized spacial score (nSPS) is 10.4. The summed E-state index contributed by atoms with van der Waals surface area (Å²) in [4.78, 5) is 0. The molecule has 108 valence electrons. The lowest BCUT2D eigenvalue weighted by atomic mass is 10.1. The van der Waals surface area contributed by atoms with E-state index >= 15 is 0 Å². The molecule has 0 aliphatic heterocycles. The van der Waals surface area contributed by atoms with E-state index in [1.807, 2.05) is 6.07 Å². The van der Waals surface area contributed by atoms with Crippen LogP contribution < -0.4 is 5.32 Å². The molecule has 0 amide bonds. The van der Waals surface area contributed by atoms with Crippen molar-refractivity contribution in [1.82, 2.24) is 5.32 Å². The third kappa shape index (κ3) is 4.62. The number of halogens is 3. The summed E-state index contributed by atoms with van der Waals surface area (Å²) >= 11 is 0. The second-order valence-electron chi connectivity index (χ2n) is 4.66. The quantitative estimate of drug-likeness (QED) is 0.858. The summed E-state index contributed by atoms with van der Waals surface area (Å²) in [6.45, 7) is 0.867. The minimum absolute atomic E-state index is 0.263. The van der Waals surface area contributed by atoms with Crippen molar-refractivity contribution in [3.8, 4) is 6.07 Å². The fraction of sp³-hybridized carbons (Fsp3) is 0.188. The van der Waals surface area contributed by atoms with E-state index in [2.05, 4.69) is 5.32 Å². The molecule has 21 heavy (non-hydrogen) atoms. The van der Waals surface area contributed by atoms with Crippen molar-refractivity contribution in [3.63, 3.8) is 0 Å². The Morgan fingerprint density at radius 3 is 2.14 bits per heavy atom. The molecule has 2 aromatic rings. The molecule has 0 saturated carbocycles. The SMILES string of the molecule is N#Cc1cc(F)cc(CNCCc2cc(F)cc(F)c2)c1. The van der Waals surface area contributed by atoms with Crippen LogP contribution in [0, 0.1) is 28.8 Å². The zero-order chi connectivity index (χ0) is 15.2. The summed E-state index contributed by atoms with van der Waals surface area (Å²) in [6, 6.07) is 9.37. The lowest BCUT2D eigenvalue weighted by Crippen LogP contribution is -2.17. The van der Waals surface area contributed by atoms with Crippen LogP contribution in [0.15, 0.2) is 36.4 Å². The van der Waals surface area contributed by atoms with E-state index in [4.69, 9.17) is 5.26 Å². The predicted molar refractivity (Wildman–Crippen MR) is 72.9 cm³/mol. The van der Waals surface area contributed by atoms with Gasteiger partial charge in [-0.1, -0.05) is 0 Å². The van der Waals surface area contributed by atoms with E-state index in [1.165, 1.54) is 24.3 Å². The molecule has 0 radical (unpaired) electrons. The fourth-order valence-electron chi connectivity index (χ4n) is 2.04. The maximum Gasteiger partial charge on any atom is 0.126 e. The van der Waals surface area contributed by atoms with Crippen LogP contribution in [0.2, 0.25) is 0 Å². The Bertz CT molecular complexity index is 657. The zero-order valence-electron chi connectivity index (χ0n) is 11.2. The van der Waals surface area contributed by atoms with Crippen LogP contribution in [0.5, 0.6) is 0 Å². The molecule has 0 saturated heterocycles. The standard InChI is InChI=1S/C16H13F3N2/c17-14-6-12(9-20)3-13(7-14)10-21-2-1-11-4-15(18)8-16(19)5-11/h3-8,21H,1-2,10H2. The zero-order valence-corrected chi connectivity index (χ0v) is 11.2. The maximum atomic E-state index is 13.2. The number of nitrogens with zero attached hydrogens (tertiary/aromatic N) is 1. The second kappa shape index (κ2) is 6.91. The molecule has 0 spiro atoms. The largest absolute Gasteiger partial charge is 0.312 e. The van der Waals surface area contributed by atoms with Gasteiger partial charge in [-0.15, -0.1) is 0 Å². The van der Waals surface area contributed by atoms with E-state index in [9.17, 15) is 13.2 Å². The van der Waals surface area contributed by atoms with Gasteiger partial charge in [-0.05, 0) is 54.4 Å². The first-order valence-corrected chi connectivity index (χ1v) is 6.42. The third-order valence-corrected chi connectivity index (χ3v) is 2.93. The Balaban J connectivity index is 1.87. The van der Waals surface area contributed by atoms with Crippen molar-refractivity contribution in [3.05, 3.63) is 70.5 Å². The molecule has 2 rings (SSSR count). The van der Waals surface area contributed by atoms with Crippen LogP contribution in [-0.2, 0) is 13.0 Å². The van der Waals surface area contributed by atoms with Gasteiger partial charge in [0.25, 0.3) is 0 Å². The lowest BCUT2D eigenvalue weighted by molar-refractivity contribution is 0.577. The van der Waals surface area contributed by atoms with Gasteiger partial charge < -0.3 is 5.32 Å². The molecule has 2 nitrogen and oxygen atoms in total.